The lowest BCUT2D eigenvalue weighted by Crippen LogP contribution is -2.16. The van der Waals surface area contributed by atoms with E-state index >= 15 is 0 Å². The number of aromatic amines is 1. The van der Waals surface area contributed by atoms with Crippen LogP contribution in [0.5, 0.6) is 11.5 Å². The van der Waals surface area contributed by atoms with Crippen molar-refractivity contribution in [1.29, 1.82) is 0 Å². The Morgan fingerprint density at radius 2 is 1.90 bits per heavy atom. The second-order valence-electron chi connectivity index (χ2n) is 9.58. The quantitative estimate of drug-likeness (QED) is 0.224. The minimum absolute atomic E-state index is 0.174. The lowest BCUT2D eigenvalue weighted by molar-refractivity contribution is 0.0679. The number of H-pyrrole nitrogens is 1. The predicted molar refractivity (Wildman–Crippen MR) is 157 cm³/mol. The third kappa shape index (κ3) is 5.81. The van der Waals surface area contributed by atoms with Crippen molar-refractivity contribution in [3.05, 3.63) is 108 Å². The van der Waals surface area contributed by atoms with Crippen LogP contribution in [0.1, 0.15) is 35.4 Å². The number of benzene rings is 3. The van der Waals surface area contributed by atoms with Crippen LogP contribution in [-0.2, 0) is 4.74 Å². The molecule has 6 rings (SSSR count). The van der Waals surface area contributed by atoms with Gasteiger partial charge < -0.3 is 19.2 Å². The van der Waals surface area contributed by atoms with Crippen molar-refractivity contribution in [2.24, 2.45) is 0 Å². The number of hydrogen-bond acceptors (Lipinski definition) is 4. The number of fused-ring (bicyclic) bond motifs is 1. The molecule has 0 aliphatic carbocycles. The van der Waals surface area contributed by atoms with E-state index in [1.807, 2.05) is 59.4 Å². The van der Waals surface area contributed by atoms with E-state index in [0.29, 0.717) is 6.61 Å². The van der Waals surface area contributed by atoms with Crippen molar-refractivity contribution >= 4 is 35.2 Å². The summed E-state index contributed by atoms with van der Waals surface area (Å²) in [5.74, 6) is 1.53. The molecule has 3 aromatic carbocycles. The highest BCUT2D eigenvalue weighted by molar-refractivity contribution is 5.83. The molecule has 0 amide bonds. The summed E-state index contributed by atoms with van der Waals surface area (Å²) in [5, 5.41) is 6.09. The summed E-state index contributed by atoms with van der Waals surface area (Å²) >= 11 is 0. The Morgan fingerprint density at radius 3 is 2.74 bits per heavy atom. The van der Waals surface area contributed by atoms with E-state index in [4.69, 9.17) is 19.3 Å². The summed E-state index contributed by atoms with van der Waals surface area (Å²) < 4.78 is 19.3. The topological polar surface area (TPSA) is 61.3 Å². The molecule has 1 fully saturated rings. The van der Waals surface area contributed by atoms with Crippen LogP contribution in [0.2, 0.25) is 0 Å². The van der Waals surface area contributed by atoms with Crippen LogP contribution in [0.15, 0.2) is 85.1 Å². The zero-order valence-electron chi connectivity index (χ0n) is 21.9. The van der Waals surface area contributed by atoms with Crippen molar-refractivity contribution in [3.63, 3.8) is 0 Å². The van der Waals surface area contributed by atoms with Gasteiger partial charge in [0, 0.05) is 30.0 Å². The Balaban J connectivity index is 1.25. The molecule has 0 radical (unpaired) electrons. The Labute approximate surface area is 228 Å². The van der Waals surface area contributed by atoms with E-state index in [-0.39, 0.29) is 6.10 Å². The molecule has 6 nitrogen and oxygen atoms in total. The van der Waals surface area contributed by atoms with Crippen LogP contribution in [0.3, 0.4) is 0 Å². The summed E-state index contributed by atoms with van der Waals surface area (Å²) in [7, 11) is 1.68. The van der Waals surface area contributed by atoms with Crippen molar-refractivity contribution in [2.75, 3.05) is 20.3 Å². The van der Waals surface area contributed by atoms with Gasteiger partial charge in [0.15, 0.2) is 0 Å². The van der Waals surface area contributed by atoms with Crippen LogP contribution in [-0.4, -0.2) is 41.2 Å². The third-order valence-corrected chi connectivity index (χ3v) is 6.88. The standard InChI is InChI=1S/C33H31N3O3/c1-37-33-22-30(39-23-31-8-5-19-38-31)16-13-26(33)12-15-29-21-27(35-36(29)28-6-3-2-4-7-28)14-10-24-9-11-25-17-18-34-32(25)20-24/h2-4,6-7,9-18,20-22,31,34H,5,8,19,23H2,1H3/b14-10+,15-12+. The van der Waals surface area contributed by atoms with E-state index in [9.17, 15) is 0 Å². The molecule has 1 N–H and O–H groups in total. The molecular formula is C33H31N3O3. The van der Waals surface area contributed by atoms with Gasteiger partial charge in [0.2, 0.25) is 0 Å². The number of aromatic nitrogens is 3. The fourth-order valence-electron chi connectivity index (χ4n) is 4.80. The van der Waals surface area contributed by atoms with Gasteiger partial charge in [-0.25, -0.2) is 4.68 Å². The second kappa shape index (κ2) is 11.5. The molecule has 3 heterocycles. The number of para-hydroxylation sites is 1. The van der Waals surface area contributed by atoms with Gasteiger partial charge in [0.05, 0.1) is 30.3 Å². The molecule has 0 bridgehead atoms. The van der Waals surface area contributed by atoms with Gasteiger partial charge in [0.1, 0.15) is 18.1 Å². The summed E-state index contributed by atoms with van der Waals surface area (Å²) in [5.41, 5.74) is 6.01. The maximum Gasteiger partial charge on any atom is 0.129 e. The first kappa shape index (κ1) is 24.8. The van der Waals surface area contributed by atoms with Crippen LogP contribution >= 0.6 is 0 Å². The first-order valence-electron chi connectivity index (χ1n) is 13.3. The highest BCUT2D eigenvalue weighted by Crippen LogP contribution is 2.28. The van der Waals surface area contributed by atoms with Gasteiger partial charge in [-0.3, -0.25) is 0 Å². The predicted octanol–water partition coefficient (Wildman–Crippen LogP) is 7.26. The fourth-order valence-corrected chi connectivity index (χ4v) is 4.80. The van der Waals surface area contributed by atoms with Crippen LogP contribution < -0.4 is 9.47 Å². The highest BCUT2D eigenvalue weighted by Gasteiger charge is 2.16. The summed E-state index contributed by atoms with van der Waals surface area (Å²) in [6.45, 7) is 1.38. The van der Waals surface area contributed by atoms with Crippen LogP contribution in [0, 0.1) is 0 Å². The molecule has 1 aliphatic rings. The molecule has 6 heteroatoms. The van der Waals surface area contributed by atoms with Crippen molar-refractivity contribution < 1.29 is 14.2 Å². The summed E-state index contributed by atoms with van der Waals surface area (Å²) in [4.78, 5) is 3.27. The molecule has 1 saturated heterocycles. The largest absolute Gasteiger partial charge is 0.496 e. The van der Waals surface area contributed by atoms with Gasteiger partial charge >= 0.3 is 0 Å². The molecular weight excluding hydrogens is 486 g/mol. The van der Waals surface area contributed by atoms with E-state index in [1.54, 1.807) is 7.11 Å². The Bertz CT molecular complexity index is 1610. The van der Waals surface area contributed by atoms with E-state index < -0.39 is 0 Å². The number of hydrogen-bond donors (Lipinski definition) is 1. The van der Waals surface area contributed by atoms with Crippen LogP contribution in [0.4, 0.5) is 0 Å². The normalized spacial score (nSPS) is 15.6. The van der Waals surface area contributed by atoms with Gasteiger partial charge in [-0.15, -0.1) is 0 Å². The first-order valence-corrected chi connectivity index (χ1v) is 13.3. The molecule has 1 unspecified atom stereocenters. The van der Waals surface area contributed by atoms with E-state index in [0.717, 1.165) is 64.7 Å². The SMILES string of the molecule is COc1cc(OCC2CCCO2)ccc1/C=C/c1cc(/C=C/c2ccc3cc[nH]c3c2)nn1-c1ccccc1. The smallest absolute Gasteiger partial charge is 0.129 e. The molecule has 0 saturated carbocycles. The fraction of sp³-hybridized carbons (Fsp3) is 0.182. The van der Waals surface area contributed by atoms with Crippen molar-refractivity contribution in [1.82, 2.24) is 14.8 Å². The van der Waals surface area contributed by atoms with Crippen molar-refractivity contribution in [2.45, 2.75) is 18.9 Å². The number of rotatable bonds is 9. The van der Waals surface area contributed by atoms with Gasteiger partial charge in [-0.05, 0) is 84.5 Å². The third-order valence-electron chi connectivity index (χ3n) is 6.88. The second-order valence-corrected chi connectivity index (χ2v) is 9.58. The zero-order chi connectivity index (χ0) is 26.4. The average Bonchev–Trinajstić information content (AvgIpc) is 3.75. The summed E-state index contributed by atoms with van der Waals surface area (Å²) in [6.07, 6.45) is 12.5. The van der Waals surface area contributed by atoms with Crippen molar-refractivity contribution in [3.8, 4) is 17.2 Å². The molecule has 2 aromatic heterocycles. The Hall–Kier alpha value is -4.55. The summed E-state index contributed by atoms with van der Waals surface area (Å²) in [6, 6.07) is 26.6. The minimum atomic E-state index is 0.174. The number of nitrogens with zero attached hydrogens (tertiary/aromatic N) is 2. The number of methoxy groups -OCH3 is 1. The number of ether oxygens (including phenoxy) is 3. The maximum absolute atomic E-state index is 5.96. The maximum atomic E-state index is 5.96. The first-order chi connectivity index (χ1) is 19.2. The Kier molecular flexibility index (Phi) is 7.28. The molecule has 0 spiro atoms. The minimum Gasteiger partial charge on any atom is -0.496 e. The van der Waals surface area contributed by atoms with Crippen LogP contribution in [0.25, 0.3) is 40.9 Å². The van der Waals surface area contributed by atoms with Gasteiger partial charge in [-0.1, -0.05) is 36.4 Å². The van der Waals surface area contributed by atoms with E-state index in [2.05, 4.69) is 59.6 Å². The van der Waals surface area contributed by atoms with E-state index in [1.165, 1.54) is 5.39 Å². The number of nitrogens with one attached hydrogen (secondary N) is 1. The monoisotopic (exact) mass is 517 g/mol. The molecule has 1 atom stereocenters. The van der Waals surface area contributed by atoms with Gasteiger partial charge in [0.25, 0.3) is 0 Å². The Morgan fingerprint density at radius 1 is 0.974 bits per heavy atom. The lowest BCUT2D eigenvalue weighted by Gasteiger charge is -2.13. The average molecular weight is 518 g/mol. The lowest BCUT2D eigenvalue weighted by atomic mass is 10.1. The molecule has 1 aliphatic heterocycles. The molecule has 39 heavy (non-hydrogen) atoms. The zero-order valence-corrected chi connectivity index (χ0v) is 21.9. The highest BCUT2D eigenvalue weighted by atomic mass is 16.5. The molecule has 5 aromatic rings. The van der Waals surface area contributed by atoms with Gasteiger partial charge in [-0.2, -0.15) is 5.10 Å². The molecule has 196 valence electrons.